The summed E-state index contributed by atoms with van der Waals surface area (Å²) in [5, 5.41) is 2.32. The lowest BCUT2D eigenvalue weighted by Crippen LogP contribution is -2.15. The van der Waals surface area contributed by atoms with Gasteiger partial charge in [0.05, 0.1) is 11.1 Å². The summed E-state index contributed by atoms with van der Waals surface area (Å²) in [6, 6.07) is 11.4. The van der Waals surface area contributed by atoms with Gasteiger partial charge in [-0.3, -0.25) is 9.59 Å². The number of carbonyl (C=O) groups excluding carboxylic acids is 2. The summed E-state index contributed by atoms with van der Waals surface area (Å²) in [6.45, 7) is 4.71. The molecule has 0 aliphatic rings. The van der Waals surface area contributed by atoms with Crippen molar-refractivity contribution in [1.29, 1.82) is 0 Å². The number of halogens is 6. The van der Waals surface area contributed by atoms with E-state index in [1.165, 1.54) is 37.3 Å². The van der Waals surface area contributed by atoms with Gasteiger partial charge in [0, 0.05) is 16.8 Å². The van der Waals surface area contributed by atoms with E-state index in [1.807, 2.05) is 0 Å². The minimum Gasteiger partial charge on any atom is -0.322 e. The standard InChI is InChI=1S/C26H21F6NO2/c1-14(2)18-8-10-20(22(12-18)25(27,28)29)21-11-9-19(13-23(21)26(30,31)32)33-24(35)17-6-4-16(5-7-17)15(3)34/h4-14H,1-3H3,(H,33,35). The molecule has 0 radical (unpaired) electrons. The van der Waals surface area contributed by atoms with Crippen molar-refractivity contribution >= 4 is 17.4 Å². The number of rotatable bonds is 5. The van der Waals surface area contributed by atoms with Gasteiger partial charge in [0.2, 0.25) is 0 Å². The number of benzene rings is 3. The Labute approximate surface area is 197 Å². The number of ketones is 1. The monoisotopic (exact) mass is 493 g/mol. The molecule has 0 bridgehead atoms. The molecular formula is C26H21F6NO2. The maximum atomic E-state index is 13.9. The molecule has 0 spiro atoms. The molecule has 0 heterocycles. The van der Waals surface area contributed by atoms with Crippen molar-refractivity contribution in [1.82, 2.24) is 0 Å². The van der Waals surface area contributed by atoms with E-state index in [0.29, 0.717) is 17.2 Å². The van der Waals surface area contributed by atoms with Crippen LogP contribution < -0.4 is 5.32 Å². The van der Waals surface area contributed by atoms with Gasteiger partial charge in [-0.15, -0.1) is 0 Å². The first-order valence-corrected chi connectivity index (χ1v) is 10.5. The predicted molar refractivity (Wildman–Crippen MR) is 120 cm³/mol. The number of alkyl halides is 6. The molecular weight excluding hydrogens is 472 g/mol. The predicted octanol–water partition coefficient (Wildman–Crippen LogP) is 7.97. The molecule has 1 N–H and O–H groups in total. The summed E-state index contributed by atoms with van der Waals surface area (Å²) >= 11 is 0. The van der Waals surface area contributed by atoms with Gasteiger partial charge in [0.1, 0.15) is 0 Å². The fraction of sp³-hybridized carbons (Fsp3) is 0.231. The van der Waals surface area contributed by atoms with Crippen LogP contribution in [-0.2, 0) is 12.4 Å². The van der Waals surface area contributed by atoms with Crippen LogP contribution in [0.1, 0.15) is 64.1 Å². The molecule has 0 saturated heterocycles. The van der Waals surface area contributed by atoms with E-state index in [9.17, 15) is 35.9 Å². The molecule has 0 aliphatic heterocycles. The second-order valence-corrected chi connectivity index (χ2v) is 8.30. The second-order valence-electron chi connectivity index (χ2n) is 8.30. The first kappa shape index (κ1) is 26.0. The molecule has 3 aromatic rings. The van der Waals surface area contributed by atoms with Gasteiger partial charge in [0.15, 0.2) is 5.78 Å². The molecule has 9 heteroatoms. The van der Waals surface area contributed by atoms with Crippen molar-refractivity contribution < 1.29 is 35.9 Å². The van der Waals surface area contributed by atoms with Gasteiger partial charge < -0.3 is 5.32 Å². The summed E-state index contributed by atoms with van der Waals surface area (Å²) in [5.41, 5.74) is -3.19. The van der Waals surface area contributed by atoms with Crippen LogP contribution in [-0.4, -0.2) is 11.7 Å². The smallest absolute Gasteiger partial charge is 0.322 e. The van der Waals surface area contributed by atoms with Crippen molar-refractivity contribution in [3.8, 4) is 11.1 Å². The maximum Gasteiger partial charge on any atom is 0.417 e. The molecule has 1 amide bonds. The van der Waals surface area contributed by atoms with Gasteiger partial charge in [-0.1, -0.05) is 44.2 Å². The van der Waals surface area contributed by atoms with Crippen molar-refractivity contribution in [2.75, 3.05) is 5.32 Å². The normalized spacial score (nSPS) is 12.1. The molecule has 0 fully saturated rings. The molecule has 3 nitrogen and oxygen atoms in total. The Hall–Kier alpha value is -3.62. The number of carbonyl (C=O) groups is 2. The molecule has 35 heavy (non-hydrogen) atoms. The molecule has 184 valence electrons. The highest BCUT2D eigenvalue weighted by Crippen LogP contribution is 2.44. The topological polar surface area (TPSA) is 46.2 Å². The van der Waals surface area contributed by atoms with Gasteiger partial charge in [-0.25, -0.2) is 0 Å². The zero-order chi connectivity index (χ0) is 26.1. The van der Waals surface area contributed by atoms with Crippen LogP contribution in [0.3, 0.4) is 0 Å². The van der Waals surface area contributed by atoms with Crippen LogP contribution in [0.4, 0.5) is 32.0 Å². The van der Waals surface area contributed by atoms with Crippen LogP contribution >= 0.6 is 0 Å². The Morgan fingerprint density at radius 3 is 1.69 bits per heavy atom. The Kier molecular flexibility index (Phi) is 7.10. The highest BCUT2D eigenvalue weighted by Gasteiger charge is 2.39. The minimum absolute atomic E-state index is 0.0938. The van der Waals surface area contributed by atoms with Crippen LogP contribution in [0.25, 0.3) is 11.1 Å². The third-order valence-corrected chi connectivity index (χ3v) is 5.44. The van der Waals surface area contributed by atoms with E-state index in [2.05, 4.69) is 5.32 Å². The zero-order valence-corrected chi connectivity index (χ0v) is 18.9. The highest BCUT2D eigenvalue weighted by molar-refractivity contribution is 6.05. The number of hydrogen-bond acceptors (Lipinski definition) is 2. The Morgan fingerprint density at radius 2 is 1.20 bits per heavy atom. The molecule has 0 aliphatic carbocycles. The highest BCUT2D eigenvalue weighted by atomic mass is 19.4. The number of anilines is 1. The van der Waals surface area contributed by atoms with Crippen LogP contribution in [0.15, 0.2) is 60.7 Å². The number of amides is 1. The largest absolute Gasteiger partial charge is 0.417 e. The van der Waals surface area contributed by atoms with E-state index in [0.717, 1.165) is 24.3 Å². The molecule has 3 aromatic carbocycles. The van der Waals surface area contributed by atoms with Crippen LogP contribution in [0.2, 0.25) is 0 Å². The molecule has 0 saturated carbocycles. The molecule has 0 unspecified atom stereocenters. The second kappa shape index (κ2) is 9.56. The number of Topliss-reactive ketones (excluding diaryl/α,β-unsaturated/α-hetero) is 1. The van der Waals surface area contributed by atoms with Gasteiger partial charge in [0.25, 0.3) is 5.91 Å². The quantitative estimate of drug-likeness (QED) is 0.289. The van der Waals surface area contributed by atoms with Crippen molar-refractivity contribution in [3.05, 3.63) is 88.5 Å². The molecule has 0 aromatic heterocycles. The van der Waals surface area contributed by atoms with Crippen molar-refractivity contribution in [3.63, 3.8) is 0 Å². The van der Waals surface area contributed by atoms with Crippen molar-refractivity contribution in [2.45, 2.75) is 39.0 Å². The van der Waals surface area contributed by atoms with Crippen molar-refractivity contribution in [2.24, 2.45) is 0 Å². The lowest BCUT2D eigenvalue weighted by Gasteiger charge is -2.20. The first-order chi connectivity index (χ1) is 16.2. The Bertz CT molecular complexity index is 1260. The first-order valence-electron chi connectivity index (χ1n) is 10.5. The van der Waals surface area contributed by atoms with E-state index in [4.69, 9.17) is 0 Å². The van der Waals surface area contributed by atoms with E-state index < -0.39 is 40.5 Å². The Balaban J connectivity index is 2.05. The minimum atomic E-state index is -4.99. The summed E-state index contributed by atoms with van der Waals surface area (Å²) in [6.07, 6.45) is -9.86. The summed E-state index contributed by atoms with van der Waals surface area (Å²) < 4.78 is 83.0. The average Bonchev–Trinajstić information content (AvgIpc) is 2.77. The SMILES string of the molecule is CC(=O)c1ccc(C(=O)Nc2ccc(-c3ccc(C(C)C)cc3C(F)(F)F)c(C(F)(F)F)c2)cc1. The van der Waals surface area contributed by atoms with Crippen LogP contribution in [0.5, 0.6) is 0 Å². The average molecular weight is 493 g/mol. The molecule has 3 rings (SSSR count). The summed E-state index contributed by atoms with van der Waals surface area (Å²) in [4.78, 5) is 23.8. The summed E-state index contributed by atoms with van der Waals surface area (Å²) in [5.74, 6) is -1.21. The van der Waals surface area contributed by atoms with Gasteiger partial charge in [-0.2, -0.15) is 26.3 Å². The fourth-order valence-corrected chi connectivity index (χ4v) is 3.54. The van der Waals surface area contributed by atoms with Gasteiger partial charge in [-0.05, 0) is 59.9 Å². The third kappa shape index (κ3) is 5.90. The maximum absolute atomic E-state index is 13.9. The third-order valence-electron chi connectivity index (χ3n) is 5.44. The van der Waals surface area contributed by atoms with Gasteiger partial charge >= 0.3 is 12.4 Å². The lowest BCUT2D eigenvalue weighted by atomic mass is 9.90. The van der Waals surface area contributed by atoms with Crippen LogP contribution in [0, 0.1) is 0 Å². The fourth-order valence-electron chi connectivity index (χ4n) is 3.54. The zero-order valence-electron chi connectivity index (χ0n) is 18.9. The van der Waals surface area contributed by atoms with E-state index in [1.54, 1.807) is 13.8 Å². The summed E-state index contributed by atoms with van der Waals surface area (Å²) in [7, 11) is 0. The van der Waals surface area contributed by atoms with E-state index in [-0.39, 0.29) is 23.0 Å². The molecule has 0 atom stereocenters. The van der Waals surface area contributed by atoms with E-state index >= 15 is 0 Å². The Morgan fingerprint density at radius 1 is 0.714 bits per heavy atom. The number of nitrogens with one attached hydrogen (secondary N) is 1. The number of hydrogen-bond donors (Lipinski definition) is 1. The lowest BCUT2D eigenvalue weighted by molar-refractivity contribution is -0.139.